The van der Waals surface area contributed by atoms with E-state index in [0.717, 1.165) is 6.42 Å². The molecule has 0 aromatic heterocycles. The van der Waals surface area contributed by atoms with Gasteiger partial charge in [0, 0.05) is 13.0 Å². The first kappa shape index (κ1) is 14.3. The zero-order valence-corrected chi connectivity index (χ0v) is 11.6. The minimum atomic E-state index is -0.863. The fourth-order valence-corrected chi connectivity index (χ4v) is 2.82. The summed E-state index contributed by atoms with van der Waals surface area (Å²) >= 11 is 0. The van der Waals surface area contributed by atoms with Crippen LogP contribution in [0, 0.1) is 11.3 Å². The van der Waals surface area contributed by atoms with Gasteiger partial charge < -0.3 is 15.2 Å². The smallest absolute Gasteiger partial charge is 0.303 e. The second kappa shape index (κ2) is 5.49. The molecule has 1 aliphatic heterocycles. The molecule has 0 radical (unpaired) electrons. The molecule has 5 nitrogen and oxygen atoms in total. The van der Waals surface area contributed by atoms with E-state index in [0.29, 0.717) is 12.5 Å². The van der Waals surface area contributed by atoms with Gasteiger partial charge in [-0.2, -0.15) is 0 Å². The Kier molecular flexibility index (Phi) is 4.13. The summed E-state index contributed by atoms with van der Waals surface area (Å²) in [5, 5.41) is 11.8. The SMILES string of the molecule is CC(C)(CC(=O)O)CC(=O)NC1CCOC1C1CC1. The maximum absolute atomic E-state index is 12.0. The molecule has 5 heteroatoms. The summed E-state index contributed by atoms with van der Waals surface area (Å²) < 4.78 is 5.68. The van der Waals surface area contributed by atoms with Crippen molar-refractivity contribution < 1.29 is 19.4 Å². The largest absolute Gasteiger partial charge is 0.481 e. The summed E-state index contributed by atoms with van der Waals surface area (Å²) in [6.45, 7) is 4.33. The monoisotopic (exact) mass is 269 g/mol. The van der Waals surface area contributed by atoms with Crippen molar-refractivity contribution in [1.82, 2.24) is 5.32 Å². The summed E-state index contributed by atoms with van der Waals surface area (Å²) in [5.74, 6) is -0.315. The van der Waals surface area contributed by atoms with E-state index in [4.69, 9.17) is 9.84 Å². The summed E-state index contributed by atoms with van der Waals surface area (Å²) in [6, 6.07) is 0.112. The van der Waals surface area contributed by atoms with Crippen molar-refractivity contribution in [2.75, 3.05) is 6.61 Å². The second-order valence-electron chi connectivity index (χ2n) is 6.55. The highest BCUT2D eigenvalue weighted by molar-refractivity contribution is 5.78. The Bertz CT molecular complexity index is 362. The van der Waals surface area contributed by atoms with Crippen LogP contribution in [0.4, 0.5) is 0 Å². The lowest BCUT2D eigenvalue weighted by Gasteiger charge is -2.24. The number of ether oxygens (including phenoxy) is 1. The van der Waals surface area contributed by atoms with Crippen molar-refractivity contribution in [3.05, 3.63) is 0 Å². The molecule has 1 heterocycles. The van der Waals surface area contributed by atoms with Crippen LogP contribution >= 0.6 is 0 Å². The van der Waals surface area contributed by atoms with Crippen molar-refractivity contribution in [3.8, 4) is 0 Å². The van der Waals surface area contributed by atoms with Gasteiger partial charge in [0.15, 0.2) is 0 Å². The molecule has 2 atom stereocenters. The lowest BCUT2D eigenvalue weighted by atomic mass is 9.85. The van der Waals surface area contributed by atoms with Crippen molar-refractivity contribution in [2.24, 2.45) is 11.3 Å². The van der Waals surface area contributed by atoms with Gasteiger partial charge in [0.2, 0.25) is 5.91 Å². The van der Waals surface area contributed by atoms with E-state index in [-0.39, 0.29) is 30.9 Å². The third-order valence-electron chi connectivity index (χ3n) is 3.84. The number of aliphatic carboxylic acids is 1. The first-order valence-electron chi connectivity index (χ1n) is 7.00. The second-order valence-corrected chi connectivity index (χ2v) is 6.55. The molecule has 0 bridgehead atoms. The van der Waals surface area contributed by atoms with Crippen LogP contribution in [0.2, 0.25) is 0 Å². The first-order chi connectivity index (χ1) is 8.87. The van der Waals surface area contributed by atoms with Gasteiger partial charge in [-0.15, -0.1) is 0 Å². The zero-order chi connectivity index (χ0) is 14.0. The average molecular weight is 269 g/mol. The van der Waals surface area contributed by atoms with Crippen LogP contribution in [0.15, 0.2) is 0 Å². The topological polar surface area (TPSA) is 75.6 Å². The highest BCUT2D eigenvalue weighted by Crippen LogP contribution is 2.38. The highest BCUT2D eigenvalue weighted by Gasteiger charge is 2.41. The Morgan fingerprint density at radius 3 is 2.53 bits per heavy atom. The Morgan fingerprint density at radius 2 is 1.95 bits per heavy atom. The van der Waals surface area contributed by atoms with Crippen LogP contribution in [0.3, 0.4) is 0 Å². The molecule has 2 N–H and O–H groups in total. The molecule has 1 amide bonds. The maximum Gasteiger partial charge on any atom is 0.303 e. The minimum absolute atomic E-state index is 0.00758. The van der Waals surface area contributed by atoms with E-state index >= 15 is 0 Å². The van der Waals surface area contributed by atoms with Gasteiger partial charge in [-0.25, -0.2) is 0 Å². The molecular formula is C14H23NO4. The van der Waals surface area contributed by atoms with Crippen molar-refractivity contribution in [1.29, 1.82) is 0 Å². The van der Waals surface area contributed by atoms with Gasteiger partial charge in [0.25, 0.3) is 0 Å². The van der Waals surface area contributed by atoms with Crippen molar-refractivity contribution in [2.45, 2.75) is 58.1 Å². The number of carboxylic acid groups (broad SMARTS) is 1. The quantitative estimate of drug-likeness (QED) is 0.767. The van der Waals surface area contributed by atoms with E-state index < -0.39 is 11.4 Å². The Balaban J connectivity index is 1.81. The molecule has 0 aromatic rings. The van der Waals surface area contributed by atoms with Crippen molar-refractivity contribution in [3.63, 3.8) is 0 Å². The third kappa shape index (κ3) is 4.20. The van der Waals surface area contributed by atoms with E-state index in [1.807, 2.05) is 13.8 Å². The van der Waals surface area contributed by atoms with Gasteiger partial charge in [-0.3, -0.25) is 9.59 Å². The zero-order valence-electron chi connectivity index (χ0n) is 11.6. The highest BCUT2D eigenvalue weighted by atomic mass is 16.5. The fourth-order valence-electron chi connectivity index (χ4n) is 2.82. The predicted molar refractivity (Wildman–Crippen MR) is 69.7 cm³/mol. The fraction of sp³-hybridized carbons (Fsp3) is 0.857. The Labute approximate surface area is 113 Å². The maximum atomic E-state index is 12.0. The number of rotatable bonds is 6. The lowest BCUT2D eigenvalue weighted by molar-refractivity contribution is -0.139. The standard InChI is InChI=1S/C14H23NO4/c1-14(2,8-12(17)18)7-11(16)15-10-5-6-19-13(10)9-3-4-9/h9-10,13H,3-8H2,1-2H3,(H,15,16)(H,17,18). The molecule has 0 spiro atoms. The predicted octanol–water partition coefficient (Wildman–Crippen LogP) is 1.56. The molecule has 2 aliphatic rings. The molecule has 108 valence electrons. The normalized spacial score (nSPS) is 27.3. The van der Waals surface area contributed by atoms with Crippen LogP contribution < -0.4 is 5.32 Å². The molecule has 2 fully saturated rings. The molecule has 1 aliphatic carbocycles. The molecule has 2 rings (SSSR count). The van der Waals surface area contributed by atoms with Crippen LogP contribution in [0.1, 0.15) is 46.0 Å². The van der Waals surface area contributed by atoms with E-state index in [1.54, 1.807) is 0 Å². The van der Waals surface area contributed by atoms with Gasteiger partial charge >= 0.3 is 5.97 Å². The summed E-state index contributed by atoms with van der Waals surface area (Å²) in [5.41, 5.74) is -0.509. The molecule has 0 aromatic carbocycles. The van der Waals surface area contributed by atoms with Crippen molar-refractivity contribution >= 4 is 11.9 Å². The van der Waals surface area contributed by atoms with Crippen LogP contribution in [-0.2, 0) is 14.3 Å². The van der Waals surface area contributed by atoms with E-state index in [2.05, 4.69) is 5.32 Å². The number of carbonyl (C=O) groups is 2. The molecule has 1 saturated heterocycles. The minimum Gasteiger partial charge on any atom is -0.481 e. The van der Waals surface area contributed by atoms with Crippen LogP contribution in [-0.4, -0.2) is 35.7 Å². The average Bonchev–Trinajstić information content (AvgIpc) is 2.97. The van der Waals surface area contributed by atoms with Crippen LogP contribution in [0.5, 0.6) is 0 Å². The summed E-state index contributed by atoms with van der Waals surface area (Å²) in [7, 11) is 0. The summed E-state index contributed by atoms with van der Waals surface area (Å²) in [4.78, 5) is 22.8. The summed E-state index contributed by atoms with van der Waals surface area (Å²) in [6.07, 6.45) is 3.68. The third-order valence-corrected chi connectivity index (χ3v) is 3.84. The van der Waals surface area contributed by atoms with Gasteiger partial charge in [-0.1, -0.05) is 13.8 Å². The number of amides is 1. The Hall–Kier alpha value is -1.10. The number of carbonyl (C=O) groups excluding carboxylic acids is 1. The van der Waals surface area contributed by atoms with Crippen LogP contribution in [0.25, 0.3) is 0 Å². The molecule has 1 saturated carbocycles. The first-order valence-corrected chi connectivity index (χ1v) is 7.00. The molecule has 19 heavy (non-hydrogen) atoms. The van der Waals surface area contributed by atoms with E-state index in [1.165, 1.54) is 12.8 Å². The number of hydrogen-bond acceptors (Lipinski definition) is 3. The number of nitrogens with one attached hydrogen (secondary N) is 1. The number of carboxylic acids is 1. The van der Waals surface area contributed by atoms with Gasteiger partial charge in [0.05, 0.1) is 18.6 Å². The lowest BCUT2D eigenvalue weighted by Crippen LogP contribution is -2.42. The molecule has 2 unspecified atom stereocenters. The Morgan fingerprint density at radius 1 is 1.26 bits per heavy atom. The van der Waals surface area contributed by atoms with Gasteiger partial charge in [0.1, 0.15) is 0 Å². The van der Waals surface area contributed by atoms with Gasteiger partial charge in [-0.05, 0) is 30.6 Å². The molecular weight excluding hydrogens is 246 g/mol. The number of hydrogen-bond donors (Lipinski definition) is 2. The van der Waals surface area contributed by atoms with E-state index in [9.17, 15) is 9.59 Å².